The van der Waals surface area contributed by atoms with Crippen LogP contribution >= 0.6 is 0 Å². The molecule has 0 fully saturated rings. The number of ether oxygens (including phenoxy) is 3. The van der Waals surface area contributed by atoms with E-state index >= 15 is 0 Å². The Morgan fingerprint density at radius 3 is 2.68 bits per heavy atom. The van der Waals surface area contributed by atoms with E-state index in [4.69, 9.17) is 14.2 Å². The van der Waals surface area contributed by atoms with Gasteiger partial charge in [0.05, 0.1) is 13.7 Å². The van der Waals surface area contributed by atoms with Crippen molar-refractivity contribution in [2.24, 2.45) is 0 Å². The quantitative estimate of drug-likeness (QED) is 0.486. The van der Waals surface area contributed by atoms with Gasteiger partial charge in [-0.15, -0.1) is 0 Å². The van der Waals surface area contributed by atoms with E-state index in [-0.39, 0.29) is 23.3 Å². The van der Waals surface area contributed by atoms with Crippen LogP contribution in [0.4, 0.5) is 0 Å². The monoisotopic (exact) mass is 354 g/mol. The van der Waals surface area contributed by atoms with Crippen LogP contribution in [-0.4, -0.2) is 54.4 Å². The zero-order valence-electron chi connectivity index (χ0n) is 15.1. The molecule has 1 aromatic rings. The smallest absolute Gasteiger partial charge is 0.328 e. The molecule has 1 aromatic heterocycles. The van der Waals surface area contributed by atoms with E-state index in [0.29, 0.717) is 19.6 Å². The molecular weight excluding hydrogens is 328 g/mol. The molecule has 1 heterocycles. The van der Waals surface area contributed by atoms with E-state index < -0.39 is 17.9 Å². The Labute approximate surface area is 147 Å². The summed E-state index contributed by atoms with van der Waals surface area (Å²) in [7, 11) is 1.36. The fourth-order valence-electron chi connectivity index (χ4n) is 1.95. The summed E-state index contributed by atoms with van der Waals surface area (Å²) in [6.07, 6.45) is 2.51. The molecule has 2 unspecified atom stereocenters. The molecule has 0 aliphatic carbocycles. The number of amides is 1. The van der Waals surface area contributed by atoms with Crippen LogP contribution in [0.25, 0.3) is 0 Å². The van der Waals surface area contributed by atoms with Gasteiger partial charge in [-0.3, -0.25) is 4.79 Å². The van der Waals surface area contributed by atoms with Crippen LogP contribution in [0.1, 0.15) is 44.1 Å². The van der Waals surface area contributed by atoms with Crippen molar-refractivity contribution in [1.82, 2.24) is 10.3 Å². The second kappa shape index (κ2) is 10.5. The molecule has 8 nitrogen and oxygen atoms in total. The largest absolute Gasteiger partial charge is 0.503 e. The van der Waals surface area contributed by atoms with E-state index in [1.807, 2.05) is 6.92 Å². The predicted molar refractivity (Wildman–Crippen MR) is 90.7 cm³/mol. The molecule has 1 rings (SSSR count). The number of rotatable bonds is 10. The average molecular weight is 354 g/mol. The van der Waals surface area contributed by atoms with Gasteiger partial charge < -0.3 is 24.6 Å². The van der Waals surface area contributed by atoms with Gasteiger partial charge in [0.25, 0.3) is 5.91 Å². The molecule has 1 amide bonds. The lowest BCUT2D eigenvalue weighted by molar-refractivity contribution is -0.150. The molecule has 0 saturated heterocycles. The number of carbonyl (C=O) groups is 2. The number of nitrogens with one attached hydrogen (secondary N) is 1. The van der Waals surface area contributed by atoms with Crippen LogP contribution in [0.2, 0.25) is 0 Å². The summed E-state index contributed by atoms with van der Waals surface area (Å²) in [6, 6.07) is 0.533. The minimum Gasteiger partial charge on any atom is -0.503 e. The summed E-state index contributed by atoms with van der Waals surface area (Å²) in [5, 5.41) is 12.4. The Hall–Kier alpha value is -2.35. The van der Waals surface area contributed by atoms with Crippen molar-refractivity contribution in [3.63, 3.8) is 0 Å². The number of methoxy groups -OCH3 is 1. The maximum Gasteiger partial charge on any atom is 0.328 e. The number of hydrogen-bond acceptors (Lipinski definition) is 7. The summed E-state index contributed by atoms with van der Waals surface area (Å²) >= 11 is 0. The first-order valence-corrected chi connectivity index (χ1v) is 8.21. The second-order valence-corrected chi connectivity index (χ2v) is 5.55. The molecule has 140 valence electrons. The minimum absolute atomic E-state index is 0.121. The molecule has 0 bridgehead atoms. The lowest BCUT2D eigenvalue weighted by Gasteiger charge is -2.18. The van der Waals surface area contributed by atoms with E-state index in [0.717, 1.165) is 6.42 Å². The van der Waals surface area contributed by atoms with E-state index in [1.54, 1.807) is 6.92 Å². The number of carbonyl (C=O) groups excluding carboxylic acids is 2. The topological polar surface area (TPSA) is 107 Å². The lowest BCUT2D eigenvalue weighted by atomic mass is 10.2. The molecule has 2 atom stereocenters. The van der Waals surface area contributed by atoms with Crippen LogP contribution in [0.3, 0.4) is 0 Å². The van der Waals surface area contributed by atoms with Crippen LogP contribution in [0, 0.1) is 0 Å². The van der Waals surface area contributed by atoms with Crippen molar-refractivity contribution < 1.29 is 28.9 Å². The highest BCUT2D eigenvalue weighted by Gasteiger charge is 2.23. The number of aromatic nitrogens is 1. The first-order valence-electron chi connectivity index (χ1n) is 8.21. The Morgan fingerprint density at radius 1 is 1.32 bits per heavy atom. The highest BCUT2D eigenvalue weighted by atomic mass is 16.5. The number of esters is 1. The van der Waals surface area contributed by atoms with Crippen molar-refractivity contribution in [3.05, 3.63) is 18.0 Å². The fourth-order valence-corrected chi connectivity index (χ4v) is 1.95. The summed E-state index contributed by atoms with van der Waals surface area (Å²) < 4.78 is 15.5. The molecule has 0 aromatic carbocycles. The van der Waals surface area contributed by atoms with Crippen molar-refractivity contribution in [2.75, 3.05) is 20.3 Å². The normalized spacial score (nSPS) is 13.0. The Bertz CT molecular complexity index is 578. The minimum atomic E-state index is -0.890. The van der Waals surface area contributed by atoms with Crippen molar-refractivity contribution in [1.29, 1.82) is 0 Å². The molecule has 0 radical (unpaired) electrons. The molecule has 0 saturated carbocycles. The van der Waals surface area contributed by atoms with Crippen LogP contribution in [0.15, 0.2) is 12.3 Å². The first-order chi connectivity index (χ1) is 11.9. The van der Waals surface area contributed by atoms with Crippen molar-refractivity contribution in [2.45, 2.75) is 45.8 Å². The highest BCUT2D eigenvalue weighted by Crippen LogP contribution is 2.27. The zero-order chi connectivity index (χ0) is 18.8. The number of nitrogens with zero attached hydrogens (tertiary/aromatic N) is 1. The van der Waals surface area contributed by atoms with E-state index in [9.17, 15) is 14.7 Å². The summed E-state index contributed by atoms with van der Waals surface area (Å²) in [6.45, 7) is 6.45. The van der Waals surface area contributed by atoms with Gasteiger partial charge in [-0.05, 0) is 20.3 Å². The average Bonchev–Trinajstić information content (AvgIpc) is 2.58. The molecule has 0 aliphatic rings. The summed E-state index contributed by atoms with van der Waals surface area (Å²) in [4.78, 5) is 28.0. The number of pyridine rings is 1. The molecule has 0 spiro atoms. The predicted octanol–water partition coefficient (Wildman–Crippen LogP) is 1.66. The van der Waals surface area contributed by atoms with Gasteiger partial charge in [-0.2, -0.15) is 0 Å². The van der Waals surface area contributed by atoms with E-state index in [1.165, 1.54) is 26.3 Å². The van der Waals surface area contributed by atoms with Gasteiger partial charge in [0.1, 0.15) is 12.1 Å². The Kier molecular flexibility index (Phi) is 8.69. The Morgan fingerprint density at radius 2 is 2.04 bits per heavy atom. The fraction of sp³-hybridized carbons (Fsp3) is 0.588. The Balaban J connectivity index is 2.53. The third-order valence-electron chi connectivity index (χ3n) is 3.36. The van der Waals surface area contributed by atoms with Gasteiger partial charge in [0.2, 0.25) is 0 Å². The van der Waals surface area contributed by atoms with Crippen LogP contribution in [0.5, 0.6) is 11.5 Å². The summed E-state index contributed by atoms with van der Waals surface area (Å²) in [5.41, 5.74) is -0.222. The van der Waals surface area contributed by atoms with Crippen molar-refractivity contribution >= 4 is 11.9 Å². The van der Waals surface area contributed by atoms with Gasteiger partial charge in [0.15, 0.2) is 17.2 Å². The zero-order valence-corrected chi connectivity index (χ0v) is 15.1. The van der Waals surface area contributed by atoms with Crippen LogP contribution < -0.4 is 10.1 Å². The van der Waals surface area contributed by atoms with Gasteiger partial charge >= 0.3 is 5.97 Å². The third-order valence-corrected chi connectivity index (χ3v) is 3.36. The number of hydrogen-bond donors (Lipinski definition) is 2. The molecule has 25 heavy (non-hydrogen) atoms. The standard InChI is InChI=1S/C17H26N2O6/c1-5-9-24-10-7-11(2)25-17(22)12(3)19-16(21)14-15(20)13(23-4)6-8-18-14/h6,8,11-12,20H,5,7,9-10H2,1-4H3,(H,19,21). The van der Waals surface area contributed by atoms with Crippen molar-refractivity contribution in [3.8, 4) is 11.5 Å². The lowest BCUT2D eigenvalue weighted by Crippen LogP contribution is -2.41. The van der Waals surface area contributed by atoms with E-state index in [2.05, 4.69) is 10.3 Å². The van der Waals surface area contributed by atoms with Gasteiger partial charge in [-0.1, -0.05) is 6.92 Å². The number of aromatic hydroxyl groups is 1. The van der Waals surface area contributed by atoms with Gasteiger partial charge in [0, 0.05) is 25.3 Å². The molecule has 2 N–H and O–H groups in total. The maximum atomic E-state index is 12.2. The maximum absolute atomic E-state index is 12.2. The SMILES string of the molecule is CCCOCCC(C)OC(=O)C(C)NC(=O)c1nccc(OC)c1O. The first kappa shape index (κ1) is 20.7. The second-order valence-electron chi connectivity index (χ2n) is 5.55. The summed E-state index contributed by atoms with van der Waals surface area (Å²) in [5.74, 6) is -1.53. The highest BCUT2D eigenvalue weighted by molar-refractivity contribution is 5.97. The molecule has 8 heteroatoms. The van der Waals surface area contributed by atoms with Gasteiger partial charge in [-0.25, -0.2) is 9.78 Å². The van der Waals surface area contributed by atoms with Crippen LogP contribution in [-0.2, 0) is 14.3 Å². The third kappa shape index (κ3) is 6.58. The molecular formula is C17H26N2O6. The molecule has 0 aliphatic heterocycles.